The summed E-state index contributed by atoms with van der Waals surface area (Å²) < 4.78 is 33.5. The monoisotopic (exact) mass is 450 g/mol. The van der Waals surface area contributed by atoms with E-state index in [1.165, 1.54) is 20.8 Å². The van der Waals surface area contributed by atoms with Crippen LogP contribution in [0.5, 0.6) is 0 Å². The van der Waals surface area contributed by atoms with Crippen molar-refractivity contribution < 1.29 is 33.6 Å². The molecule has 0 aromatic heterocycles. The van der Waals surface area contributed by atoms with Gasteiger partial charge in [0.05, 0.1) is 30.5 Å². The number of halogens is 3. The number of hydrogen-bond acceptors (Lipinski definition) is 6. The Morgan fingerprint density at radius 1 is 1.33 bits per heavy atom. The van der Waals surface area contributed by atoms with Crippen LogP contribution in [0.3, 0.4) is 0 Å². The van der Waals surface area contributed by atoms with Crippen LogP contribution >= 0.6 is 11.8 Å². The lowest BCUT2D eigenvalue weighted by molar-refractivity contribution is -0.127. The zero-order chi connectivity index (χ0) is 22.6. The molecule has 1 aliphatic rings. The zero-order valence-electron chi connectivity index (χ0n) is 17.2. The standard InChI is InChI=1S/C20H29ClF2N2O5/c1-11(26)25(21)17(6-12-4-13(22)7-14(23)5-12)19(28)16-8-15(9-24-16)30-10-18(27)20(2,3)29/h4-5,7,15-19,24,27-29H,6,8-10H2,1-3H3/t15-,16-,17+,18?,19-/m1/s1. The van der Waals surface area contributed by atoms with E-state index in [1.807, 2.05) is 0 Å². The Balaban J connectivity index is 2.05. The van der Waals surface area contributed by atoms with Gasteiger partial charge in [-0.05, 0) is 44.4 Å². The molecule has 0 saturated carbocycles. The van der Waals surface area contributed by atoms with Gasteiger partial charge in [-0.15, -0.1) is 0 Å². The smallest absolute Gasteiger partial charge is 0.234 e. The largest absolute Gasteiger partial charge is 0.389 e. The van der Waals surface area contributed by atoms with Crippen LogP contribution in [0.4, 0.5) is 8.78 Å². The second kappa shape index (κ2) is 10.3. The fraction of sp³-hybridized carbons (Fsp3) is 0.650. The first-order valence-corrected chi connectivity index (χ1v) is 10.1. The molecule has 0 aliphatic carbocycles. The number of hydrogen-bond donors (Lipinski definition) is 4. The van der Waals surface area contributed by atoms with Gasteiger partial charge < -0.3 is 25.4 Å². The quantitative estimate of drug-likeness (QED) is 0.420. The normalized spacial score (nSPS) is 22.6. The zero-order valence-corrected chi connectivity index (χ0v) is 17.9. The molecule has 30 heavy (non-hydrogen) atoms. The van der Waals surface area contributed by atoms with Crippen molar-refractivity contribution in [1.29, 1.82) is 0 Å². The van der Waals surface area contributed by atoms with E-state index in [2.05, 4.69) is 5.32 Å². The fourth-order valence-corrected chi connectivity index (χ4v) is 3.54. The average molecular weight is 451 g/mol. The van der Waals surface area contributed by atoms with Gasteiger partial charge in [-0.3, -0.25) is 4.79 Å². The number of amides is 1. The van der Waals surface area contributed by atoms with Crippen LogP contribution in [0, 0.1) is 11.6 Å². The summed E-state index contributed by atoms with van der Waals surface area (Å²) in [6.07, 6.45) is -2.26. The van der Waals surface area contributed by atoms with Gasteiger partial charge in [-0.2, -0.15) is 0 Å². The Bertz CT molecular complexity index is 713. The number of rotatable bonds is 9. The summed E-state index contributed by atoms with van der Waals surface area (Å²) >= 11 is 6.09. The third-order valence-electron chi connectivity index (χ3n) is 5.20. The van der Waals surface area contributed by atoms with Crippen molar-refractivity contribution in [2.45, 2.75) is 69.6 Å². The van der Waals surface area contributed by atoms with Crippen LogP contribution in [0.25, 0.3) is 0 Å². The number of nitrogens with one attached hydrogen (secondary N) is 1. The molecular weight excluding hydrogens is 422 g/mol. The van der Waals surface area contributed by atoms with E-state index in [9.17, 15) is 28.9 Å². The van der Waals surface area contributed by atoms with Crippen molar-refractivity contribution in [3.8, 4) is 0 Å². The van der Waals surface area contributed by atoms with Crippen LogP contribution in [0.1, 0.15) is 32.8 Å². The molecule has 10 heteroatoms. The maximum absolute atomic E-state index is 13.5. The lowest BCUT2D eigenvalue weighted by Gasteiger charge is -2.32. The van der Waals surface area contributed by atoms with Gasteiger partial charge in [0.1, 0.15) is 17.7 Å². The van der Waals surface area contributed by atoms with Crippen molar-refractivity contribution >= 4 is 17.7 Å². The summed E-state index contributed by atoms with van der Waals surface area (Å²) in [6.45, 7) is 4.46. The number of carbonyl (C=O) groups is 1. The minimum absolute atomic E-state index is 0.0555. The number of nitrogens with zero attached hydrogens (tertiary/aromatic N) is 1. The molecule has 2 rings (SSSR count). The molecule has 1 fully saturated rings. The molecule has 170 valence electrons. The maximum atomic E-state index is 13.5. The molecule has 1 heterocycles. The van der Waals surface area contributed by atoms with E-state index >= 15 is 0 Å². The molecule has 1 unspecified atom stereocenters. The number of benzene rings is 1. The van der Waals surface area contributed by atoms with Gasteiger partial charge >= 0.3 is 0 Å². The molecule has 0 spiro atoms. The minimum atomic E-state index is -1.31. The summed E-state index contributed by atoms with van der Waals surface area (Å²) in [5.74, 6) is -2.04. The van der Waals surface area contributed by atoms with Crippen LogP contribution in [0.2, 0.25) is 0 Å². The SMILES string of the molecule is CC(=O)N(Cl)[C@@H](Cc1cc(F)cc(F)c1)[C@H](O)[C@H]1C[C@@H](OCC(O)C(C)(C)O)CN1. The second-order valence-electron chi connectivity index (χ2n) is 8.25. The van der Waals surface area contributed by atoms with Gasteiger partial charge in [-0.1, -0.05) is 0 Å². The summed E-state index contributed by atoms with van der Waals surface area (Å²) in [5.41, 5.74) is -1.06. The van der Waals surface area contributed by atoms with Gasteiger partial charge in [-0.25, -0.2) is 13.2 Å². The third kappa shape index (κ3) is 6.83. The highest BCUT2D eigenvalue weighted by atomic mass is 35.5. The highest BCUT2D eigenvalue weighted by Gasteiger charge is 2.38. The van der Waals surface area contributed by atoms with Gasteiger partial charge in [0, 0.05) is 37.4 Å². The molecule has 0 bridgehead atoms. The molecule has 1 saturated heterocycles. The molecule has 7 nitrogen and oxygen atoms in total. The first kappa shape index (κ1) is 24.9. The molecule has 4 N–H and O–H groups in total. The summed E-state index contributed by atoms with van der Waals surface area (Å²) in [7, 11) is 0. The topological polar surface area (TPSA) is 102 Å². The first-order chi connectivity index (χ1) is 13.9. The van der Waals surface area contributed by atoms with Crippen LogP contribution in [0.15, 0.2) is 18.2 Å². The van der Waals surface area contributed by atoms with E-state index < -0.39 is 47.4 Å². The molecular formula is C20H29ClF2N2O5. The molecule has 1 aliphatic heterocycles. The first-order valence-electron chi connectivity index (χ1n) is 9.72. The Morgan fingerprint density at radius 3 is 2.47 bits per heavy atom. The van der Waals surface area contributed by atoms with E-state index in [4.69, 9.17) is 16.5 Å². The van der Waals surface area contributed by atoms with Crippen molar-refractivity contribution in [3.05, 3.63) is 35.4 Å². The van der Waals surface area contributed by atoms with Crippen LogP contribution < -0.4 is 5.32 Å². The number of ether oxygens (including phenoxy) is 1. The summed E-state index contributed by atoms with van der Waals surface area (Å²) in [6, 6.07) is 1.54. The molecule has 1 aromatic carbocycles. The van der Waals surface area contributed by atoms with Crippen LogP contribution in [-0.2, 0) is 16.0 Å². The number of aliphatic hydroxyl groups is 3. The fourth-order valence-electron chi connectivity index (χ4n) is 3.36. The average Bonchev–Trinajstić information content (AvgIpc) is 3.10. The second-order valence-corrected chi connectivity index (χ2v) is 8.61. The van der Waals surface area contributed by atoms with Gasteiger partial charge in [0.15, 0.2) is 0 Å². The van der Waals surface area contributed by atoms with Crippen molar-refractivity contribution in [2.75, 3.05) is 13.2 Å². The Morgan fingerprint density at radius 2 is 1.93 bits per heavy atom. The third-order valence-corrected chi connectivity index (χ3v) is 5.68. The minimum Gasteiger partial charge on any atom is -0.389 e. The number of carbonyl (C=O) groups excluding carboxylic acids is 1. The van der Waals surface area contributed by atoms with Crippen molar-refractivity contribution in [2.24, 2.45) is 0 Å². The summed E-state index contributed by atoms with van der Waals surface area (Å²) in [5, 5.41) is 33.6. The predicted molar refractivity (Wildman–Crippen MR) is 107 cm³/mol. The maximum Gasteiger partial charge on any atom is 0.234 e. The van der Waals surface area contributed by atoms with Crippen molar-refractivity contribution in [3.63, 3.8) is 0 Å². The lowest BCUT2D eigenvalue weighted by atomic mass is 9.95. The lowest BCUT2D eigenvalue weighted by Crippen LogP contribution is -2.50. The van der Waals surface area contributed by atoms with Gasteiger partial charge in [0.25, 0.3) is 0 Å². The van der Waals surface area contributed by atoms with E-state index in [-0.39, 0.29) is 24.7 Å². The van der Waals surface area contributed by atoms with E-state index in [0.29, 0.717) is 13.0 Å². The highest BCUT2D eigenvalue weighted by Crippen LogP contribution is 2.23. The molecule has 1 amide bonds. The Kier molecular flexibility index (Phi) is 8.55. The predicted octanol–water partition coefficient (Wildman–Crippen LogP) is 1.12. The van der Waals surface area contributed by atoms with Crippen LogP contribution in [-0.4, -0.2) is 74.8 Å². The van der Waals surface area contributed by atoms with Crippen molar-refractivity contribution in [1.82, 2.24) is 9.74 Å². The molecule has 0 radical (unpaired) electrons. The molecule has 5 atom stereocenters. The Hall–Kier alpha value is -1.36. The highest BCUT2D eigenvalue weighted by molar-refractivity contribution is 6.21. The molecule has 1 aromatic rings. The van der Waals surface area contributed by atoms with E-state index in [0.717, 1.165) is 22.6 Å². The van der Waals surface area contributed by atoms with E-state index in [1.54, 1.807) is 0 Å². The summed E-state index contributed by atoms with van der Waals surface area (Å²) in [4.78, 5) is 11.8. The van der Waals surface area contributed by atoms with Gasteiger partial charge in [0.2, 0.25) is 5.91 Å². The Labute approximate surface area is 179 Å². The number of aliphatic hydroxyl groups excluding tert-OH is 2.